The van der Waals surface area contributed by atoms with Crippen LogP contribution in [-0.4, -0.2) is 47.6 Å². The molecule has 0 aromatic rings. The van der Waals surface area contributed by atoms with Gasteiger partial charge in [0.1, 0.15) is 12.2 Å². The van der Waals surface area contributed by atoms with Crippen LogP contribution in [0.4, 0.5) is 0 Å². The third-order valence-electron chi connectivity index (χ3n) is 6.48. The maximum atomic E-state index is 12.6. The van der Waals surface area contributed by atoms with Crippen molar-refractivity contribution in [1.29, 1.82) is 0 Å². The summed E-state index contributed by atoms with van der Waals surface area (Å²) in [7, 11) is 0. The molecule has 3 saturated heterocycles. The van der Waals surface area contributed by atoms with Crippen molar-refractivity contribution in [3.8, 4) is 0 Å². The van der Waals surface area contributed by atoms with Crippen molar-refractivity contribution in [2.75, 3.05) is 0 Å². The Labute approximate surface area is 153 Å². The molecule has 2 bridgehead atoms. The molecule has 0 amide bonds. The van der Waals surface area contributed by atoms with E-state index in [2.05, 4.69) is 12.7 Å². The van der Waals surface area contributed by atoms with Gasteiger partial charge in [0.05, 0.1) is 17.8 Å². The van der Waals surface area contributed by atoms with Gasteiger partial charge in [-0.3, -0.25) is 0 Å². The number of hydrogen-bond acceptors (Lipinski definition) is 6. The Bertz CT molecular complexity index is 711. The summed E-state index contributed by atoms with van der Waals surface area (Å²) in [6.45, 7) is 11.5. The molecule has 3 fully saturated rings. The van der Waals surface area contributed by atoms with Crippen LogP contribution in [0.1, 0.15) is 47.0 Å². The lowest BCUT2D eigenvalue weighted by Crippen LogP contribution is -2.41. The van der Waals surface area contributed by atoms with Crippen molar-refractivity contribution in [3.05, 3.63) is 23.8 Å². The van der Waals surface area contributed by atoms with Crippen molar-refractivity contribution >= 4 is 11.9 Å². The molecular formula is C20H26O6. The normalized spacial score (nSPS) is 47.2. The van der Waals surface area contributed by atoms with Crippen molar-refractivity contribution in [2.45, 2.75) is 82.6 Å². The molecule has 0 aromatic heterocycles. The molecule has 4 heterocycles. The maximum absolute atomic E-state index is 12.6. The first-order valence-electron chi connectivity index (χ1n) is 9.27. The second-order valence-electron chi connectivity index (χ2n) is 8.38. The summed E-state index contributed by atoms with van der Waals surface area (Å²) in [6, 6.07) is 0. The van der Waals surface area contributed by atoms with Gasteiger partial charge in [0, 0.05) is 24.3 Å². The SMILES string of the molecule is C=C1C(=O)O[C@H]2C[C@H]3O[C@@]3(C)C[C@@H](OC(=O)C3(C)OC3C)[C@@H]1CC=C2C. The van der Waals surface area contributed by atoms with Crippen LogP contribution in [0.3, 0.4) is 0 Å². The largest absolute Gasteiger partial charge is 0.459 e. The molecule has 5 rings (SSSR count). The summed E-state index contributed by atoms with van der Waals surface area (Å²) >= 11 is 0. The average molecular weight is 362 g/mol. The third kappa shape index (κ3) is 2.79. The number of rotatable bonds is 2. The van der Waals surface area contributed by atoms with Crippen LogP contribution in [0.25, 0.3) is 0 Å². The number of ether oxygens (including phenoxy) is 4. The fraction of sp³-hybridized carbons (Fsp3) is 0.700. The summed E-state index contributed by atoms with van der Waals surface area (Å²) in [5.41, 5.74) is 0.0846. The Morgan fingerprint density at radius 1 is 1.35 bits per heavy atom. The van der Waals surface area contributed by atoms with Crippen molar-refractivity contribution < 1.29 is 28.5 Å². The van der Waals surface area contributed by atoms with E-state index < -0.39 is 23.6 Å². The second-order valence-corrected chi connectivity index (χ2v) is 8.38. The zero-order valence-electron chi connectivity index (χ0n) is 15.7. The topological polar surface area (TPSA) is 77.7 Å². The number of carbonyl (C=O) groups excluding carboxylic acids is 2. The van der Waals surface area contributed by atoms with E-state index in [1.165, 1.54) is 0 Å². The molecule has 1 aliphatic carbocycles. The van der Waals surface area contributed by atoms with E-state index in [1.807, 2.05) is 20.8 Å². The molecular weight excluding hydrogens is 336 g/mol. The van der Waals surface area contributed by atoms with Crippen LogP contribution in [0.5, 0.6) is 0 Å². The van der Waals surface area contributed by atoms with Gasteiger partial charge in [-0.15, -0.1) is 0 Å². The van der Waals surface area contributed by atoms with Gasteiger partial charge in [-0.2, -0.15) is 0 Å². The van der Waals surface area contributed by atoms with E-state index in [0.717, 1.165) is 5.57 Å². The fourth-order valence-corrected chi connectivity index (χ4v) is 4.08. The zero-order chi connectivity index (χ0) is 18.9. The highest BCUT2D eigenvalue weighted by molar-refractivity contribution is 5.89. The van der Waals surface area contributed by atoms with Gasteiger partial charge < -0.3 is 18.9 Å². The van der Waals surface area contributed by atoms with E-state index in [-0.39, 0.29) is 29.8 Å². The van der Waals surface area contributed by atoms with Gasteiger partial charge in [-0.25, -0.2) is 9.59 Å². The highest BCUT2D eigenvalue weighted by Gasteiger charge is 2.60. The number of carbonyl (C=O) groups is 2. The van der Waals surface area contributed by atoms with Crippen LogP contribution < -0.4 is 0 Å². The van der Waals surface area contributed by atoms with Crippen molar-refractivity contribution in [1.82, 2.24) is 0 Å². The Balaban J connectivity index is 1.66. The molecule has 7 atom stereocenters. The summed E-state index contributed by atoms with van der Waals surface area (Å²) in [5.74, 6) is -1.14. The monoisotopic (exact) mass is 362 g/mol. The molecule has 5 aliphatic rings. The van der Waals surface area contributed by atoms with Crippen LogP contribution in [0.2, 0.25) is 0 Å². The lowest BCUT2D eigenvalue weighted by Gasteiger charge is -2.33. The molecule has 26 heavy (non-hydrogen) atoms. The second kappa shape index (κ2) is 5.67. The molecule has 6 nitrogen and oxygen atoms in total. The summed E-state index contributed by atoms with van der Waals surface area (Å²) in [4.78, 5) is 25.2. The van der Waals surface area contributed by atoms with Crippen LogP contribution >= 0.6 is 0 Å². The number of fused-ring (bicyclic) bond motifs is 4. The standard InChI is InChI=1S/C20H26O6/c1-10-6-7-13-11(2)17(21)23-14(10)8-16-19(4,26-16)9-15(13)24-18(22)20(5)12(3)25-20/h6,12-16H,2,7-9H2,1,3-5H3/t12?,13-,14+,15-,16-,19+,20?/m1/s1. The number of hydrogen-bond donors (Lipinski definition) is 0. The van der Waals surface area contributed by atoms with Gasteiger partial charge in [-0.05, 0) is 39.7 Å². The summed E-state index contributed by atoms with van der Waals surface area (Å²) < 4.78 is 22.9. The highest BCUT2D eigenvalue weighted by Crippen LogP contribution is 2.48. The molecule has 4 aliphatic heterocycles. The van der Waals surface area contributed by atoms with E-state index in [4.69, 9.17) is 18.9 Å². The number of allylic oxidation sites excluding steroid dienone is 1. The van der Waals surface area contributed by atoms with Crippen molar-refractivity contribution in [2.24, 2.45) is 5.92 Å². The molecule has 142 valence electrons. The third-order valence-corrected chi connectivity index (χ3v) is 6.48. The fourth-order valence-electron chi connectivity index (χ4n) is 4.08. The first kappa shape index (κ1) is 17.7. The van der Waals surface area contributed by atoms with E-state index in [9.17, 15) is 9.59 Å². The summed E-state index contributed by atoms with van der Waals surface area (Å²) in [5, 5.41) is 0. The average Bonchev–Trinajstić information content (AvgIpc) is 3.40. The Morgan fingerprint density at radius 3 is 2.69 bits per heavy atom. The van der Waals surface area contributed by atoms with Crippen LogP contribution in [0.15, 0.2) is 23.8 Å². The van der Waals surface area contributed by atoms with Gasteiger partial charge in [0.2, 0.25) is 0 Å². The maximum Gasteiger partial charge on any atom is 0.341 e. The van der Waals surface area contributed by atoms with Gasteiger partial charge in [0.15, 0.2) is 5.60 Å². The highest BCUT2D eigenvalue weighted by atomic mass is 16.7. The molecule has 0 radical (unpaired) electrons. The lowest BCUT2D eigenvalue weighted by atomic mass is 9.81. The van der Waals surface area contributed by atoms with Crippen LogP contribution in [-0.2, 0) is 28.5 Å². The first-order valence-corrected chi connectivity index (χ1v) is 9.27. The van der Waals surface area contributed by atoms with E-state index in [0.29, 0.717) is 24.8 Å². The molecule has 0 spiro atoms. The summed E-state index contributed by atoms with van der Waals surface area (Å²) in [6.07, 6.45) is 2.82. The minimum atomic E-state index is -0.902. The number of esters is 2. The molecule has 0 N–H and O–H groups in total. The zero-order valence-corrected chi connectivity index (χ0v) is 15.7. The number of epoxide rings is 2. The smallest absolute Gasteiger partial charge is 0.341 e. The molecule has 0 aromatic carbocycles. The minimum Gasteiger partial charge on any atom is -0.459 e. The van der Waals surface area contributed by atoms with Gasteiger partial charge in [-0.1, -0.05) is 12.7 Å². The molecule has 6 heteroatoms. The van der Waals surface area contributed by atoms with Gasteiger partial charge >= 0.3 is 11.9 Å². The first-order chi connectivity index (χ1) is 12.1. The lowest BCUT2D eigenvalue weighted by molar-refractivity contribution is -0.160. The Kier molecular flexibility index (Phi) is 3.87. The molecule has 2 unspecified atom stereocenters. The van der Waals surface area contributed by atoms with Crippen molar-refractivity contribution in [3.63, 3.8) is 0 Å². The molecule has 0 saturated carbocycles. The quantitative estimate of drug-likeness (QED) is 0.325. The Hall–Kier alpha value is -1.66. The van der Waals surface area contributed by atoms with E-state index >= 15 is 0 Å². The van der Waals surface area contributed by atoms with Gasteiger partial charge in [0.25, 0.3) is 0 Å². The predicted molar refractivity (Wildman–Crippen MR) is 92.2 cm³/mol. The van der Waals surface area contributed by atoms with Crippen LogP contribution in [0, 0.1) is 5.92 Å². The Morgan fingerprint density at radius 2 is 2.04 bits per heavy atom. The van der Waals surface area contributed by atoms with E-state index in [1.54, 1.807) is 6.92 Å². The minimum absolute atomic E-state index is 0.0124. The predicted octanol–water partition coefficient (Wildman–Crippen LogP) is 2.46.